The Balaban J connectivity index is 1.30. The summed E-state index contributed by atoms with van der Waals surface area (Å²) >= 11 is 0. The second-order valence-electron chi connectivity index (χ2n) is 7.47. The van der Waals surface area contributed by atoms with Gasteiger partial charge in [-0.05, 0) is 29.5 Å². The maximum absolute atomic E-state index is 12.3. The van der Waals surface area contributed by atoms with Gasteiger partial charge in [0.05, 0.1) is 12.5 Å². The molecule has 0 aliphatic carbocycles. The number of carbonyl (C=O) groups is 1. The van der Waals surface area contributed by atoms with E-state index in [2.05, 4.69) is 46.6 Å². The zero-order chi connectivity index (χ0) is 20.1. The first-order valence-electron chi connectivity index (χ1n) is 10.1. The van der Waals surface area contributed by atoms with Crippen LogP contribution >= 0.6 is 0 Å². The summed E-state index contributed by atoms with van der Waals surface area (Å²) in [5.74, 6) is 1.06. The number of benzene rings is 2. The molecule has 3 aromatic rings. The summed E-state index contributed by atoms with van der Waals surface area (Å²) in [7, 11) is 0. The Morgan fingerprint density at radius 2 is 1.76 bits per heavy atom. The van der Waals surface area contributed by atoms with Gasteiger partial charge in [0.1, 0.15) is 0 Å². The monoisotopic (exact) mass is 391 g/mol. The number of carbonyl (C=O) groups excluding carboxylic acids is 1. The van der Waals surface area contributed by atoms with Crippen molar-refractivity contribution in [2.45, 2.75) is 38.2 Å². The fourth-order valence-corrected chi connectivity index (χ4v) is 3.63. The van der Waals surface area contributed by atoms with Crippen LogP contribution in [-0.2, 0) is 17.6 Å². The Hall–Kier alpha value is -2.99. The van der Waals surface area contributed by atoms with Crippen molar-refractivity contribution in [3.05, 3.63) is 71.9 Å². The highest BCUT2D eigenvalue weighted by molar-refractivity contribution is 5.76. The zero-order valence-electron chi connectivity index (χ0n) is 16.3. The van der Waals surface area contributed by atoms with E-state index in [9.17, 15) is 9.90 Å². The summed E-state index contributed by atoms with van der Waals surface area (Å²) in [4.78, 5) is 14.0. The number of hydrogen-bond donors (Lipinski definition) is 1. The molecule has 1 amide bonds. The maximum atomic E-state index is 12.3. The first-order valence-corrected chi connectivity index (χ1v) is 10.1. The Morgan fingerprint density at radius 3 is 2.52 bits per heavy atom. The third-order valence-electron chi connectivity index (χ3n) is 5.23. The molecule has 6 nitrogen and oxygen atoms in total. The number of rotatable bonds is 6. The molecule has 6 heteroatoms. The van der Waals surface area contributed by atoms with Gasteiger partial charge in [-0.1, -0.05) is 54.6 Å². The number of aryl methyl sites for hydroxylation is 1. The third kappa shape index (κ3) is 5.09. The molecule has 0 unspecified atom stereocenters. The van der Waals surface area contributed by atoms with Crippen molar-refractivity contribution in [2.24, 2.45) is 0 Å². The summed E-state index contributed by atoms with van der Waals surface area (Å²) in [5.41, 5.74) is 3.45. The Labute approximate surface area is 170 Å². The van der Waals surface area contributed by atoms with Gasteiger partial charge in [0.2, 0.25) is 17.7 Å². The second kappa shape index (κ2) is 9.01. The number of aliphatic hydroxyl groups excluding tert-OH is 1. The predicted octanol–water partition coefficient (Wildman–Crippen LogP) is 3.24. The molecule has 1 atom stereocenters. The minimum atomic E-state index is -0.406. The highest BCUT2D eigenvalue weighted by atomic mass is 16.4. The van der Waals surface area contributed by atoms with Crippen LogP contribution in [0.3, 0.4) is 0 Å². The van der Waals surface area contributed by atoms with E-state index in [0.29, 0.717) is 44.1 Å². The van der Waals surface area contributed by atoms with Crippen LogP contribution in [0.5, 0.6) is 0 Å². The molecule has 0 saturated carbocycles. The molecule has 150 valence electrons. The standard InChI is InChI=1S/C23H25N3O3/c27-20-7-4-14-26(16-20)23(28)13-12-21-24-25-22(29-21)15-17-8-10-19(11-9-17)18-5-2-1-3-6-18/h1-3,5-6,8-11,20,27H,4,7,12-16H2/t20-/m1/s1. The zero-order valence-corrected chi connectivity index (χ0v) is 16.3. The lowest BCUT2D eigenvalue weighted by atomic mass is 10.0. The lowest BCUT2D eigenvalue weighted by Crippen LogP contribution is -2.42. The van der Waals surface area contributed by atoms with Crippen molar-refractivity contribution in [1.29, 1.82) is 0 Å². The van der Waals surface area contributed by atoms with Gasteiger partial charge in [-0.2, -0.15) is 0 Å². The number of aromatic nitrogens is 2. The number of aliphatic hydroxyl groups is 1. The fourth-order valence-electron chi connectivity index (χ4n) is 3.63. The molecular formula is C23H25N3O3. The van der Waals surface area contributed by atoms with Crippen molar-refractivity contribution in [2.75, 3.05) is 13.1 Å². The smallest absolute Gasteiger partial charge is 0.223 e. The quantitative estimate of drug-likeness (QED) is 0.698. The molecule has 2 heterocycles. The van der Waals surface area contributed by atoms with Crippen molar-refractivity contribution in [3.63, 3.8) is 0 Å². The summed E-state index contributed by atoms with van der Waals surface area (Å²) in [6.45, 7) is 1.14. The summed E-state index contributed by atoms with van der Waals surface area (Å²) < 4.78 is 5.72. The number of hydrogen-bond acceptors (Lipinski definition) is 5. The van der Waals surface area contributed by atoms with E-state index in [4.69, 9.17) is 4.42 Å². The number of amides is 1. The largest absolute Gasteiger partial charge is 0.425 e. The summed E-state index contributed by atoms with van der Waals surface area (Å²) in [6.07, 6.45) is 2.51. The van der Waals surface area contributed by atoms with Crippen molar-refractivity contribution >= 4 is 5.91 Å². The van der Waals surface area contributed by atoms with Crippen LogP contribution in [-0.4, -0.2) is 45.3 Å². The van der Waals surface area contributed by atoms with Crippen molar-refractivity contribution < 1.29 is 14.3 Å². The van der Waals surface area contributed by atoms with Crippen LogP contribution in [0.2, 0.25) is 0 Å². The predicted molar refractivity (Wildman–Crippen MR) is 109 cm³/mol. The van der Waals surface area contributed by atoms with Gasteiger partial charge in [-0.15, -0.1) is 10.2 Å². The lowest BCUT2D eigenvalue weighted by Gasteiger charge is -2.30. The third-order valence-corrected chi connectivity index (χ3v) is 5.23. The summed E-state index contributed by atoms with van der Waals surface area (Å²) in [5, 5.41) is 17.9. The Bertz CT molecular complexity index is 938. The van der Waals surface area contributed by atoms with Gasteiger partial charge >= 0.3 is 0 Å². The normalized spacial score (nSPS) is 16.7. The first-order chi connectivity index (χ1) is 14.2. The lowest BCUT2D eigenvalue weighted by molar-refractivity contribution is -0.134. The van der Waals surface area contributed by atoms with Gasteiger partial charge in [-0.25, -0.2) is 0 Å². The molecule has 1 fully saturated rings. The molecule has 0 bridgehead atoms. The van der Waals surface area contributed by atoms with Crippen LogP contribution in [0.4, 0.5) is 0 Å². The van der Waals surface area contributed by atoms with Crippen molar-refractivity contribution in [1.82, 2.24) is 15.1 Å². The molecule has 1 aliphatic rings. The fraction of sp³-hybridized carbons (Fsp3) is 0.348. The number of β-amino-alcohol motifs (C(OH)–C–C–N with tert-alkyl or cyclic N) is 1. The van der Waals surface area contributed by atoms with Gasteiger partial charge in [0.25, 0.3) is 0 Å². The molecule has 2 aromatic carbocycles. The van der Waals surface area contributed by atoms with Crippen LogP contribution in [0, 0.1) is 0 Å². The topological polar surface area (TPSA) is 79.5 Å². The van der Waals surface area contributed by atoms with E-state index in [1.54, 1.807) is 4.90 Å². The van der Waals surface area contributed by atoms with Gasteiger partial charge in [0, 0.05) is 25.9 Å². The first kappa shape index (κ1) is 19.3. The van der Waals surface area contributed by atoms with Crippen LogP contribution in [0.25, 0.3) is 11.1 Å². The molecule has 1 aromatic heterocycles. The Morgan fingerprint density at radius 1 is 1.03 bits per heavy atom. The van der Waals surface area contributed by atoms with E-state index in [1.807, 2.05) is 18.2 Å². The van der Waals surface area contributed by atoms with Crippen molar-refractivity contribution in [3.8, 4) is 11.1 Å². The molecule has 1 N–H and O–H groups in total. The number of likely N-dealkylation sites (tertiary alicyclic amines) is 1. The molecular weight excluding hydrogens is 366 g/mol. The molecule has 1 saturated heterocycles. The summed E-state index contributed by atoms with van der Waals surface area (Å²) in [6, 6.07) is 18.6. The molecule has 4 rings (SSSR count). The maximum Gasteiger partial charge on any atom is 0.223 e. The highest BCUT2D eigenvalue weighted by Crippen LogP contribution is 2.20. The second-order valence-corrected chi connectivity index (χ2v) is 7.47. The van der Waals surface area contributed by atoms with Crippen LogP contribution in [0.1, 0.15) is 36.6 Å². The Kier molecular flexibility index (Phi) is 6.00. The highest BCUT2D eigenvalue weighted by Gasteiger charge is 2.22. The minimum absolute atomic E-state index is 0.0278. The SMILES string of the molecule is O=C(CCc1nnc(Cc2ccc(-c3ccccc3)cc2)o1)N1CCC[C@@H](O)C1. The molecule has 0 radical (unpaired) electrons. The van der Waals surface area contributed by atoms with Crippen LogP contribution in [0.15, 0.2) is 59.0 Å². The van der Waals surface area contributed by atoms with E-state index < -0.39 is 6.10 Å². The van der Waals surface area contributed by atoms with E-state index in [0.717, 1.165) is 18.4 Å². The van der Waals surface area contributed by atoms with Gasteiger partial charge in [0.15, 0.2) is 0 Å². The average molecular weight is 391 g/mol. The minimum Gasteiger partial charge on any atom is -0.425 e. The molecule has 29 heavy (non-hydrogen) atoms. The number of nitrogens with zero attached hydrogens (tertiary/aromatic N) is 3. The van der Waals surface area contributed by atoms with Gasteiger partial charge < -0.3 is 14.4 Å². The number of piperidine rings is 1. The average Bonchev–Trinajstić information content (AvgIpc) is 3.20. The van der Waals surface area contributed by atoms with Crippen LogP contribution < -0.4 is 0 Å². The van der Waals surface area contributed by atoms with E-state index >= 15 is 0 Å². The molecule has 0 spiro atoms. The van der Waals surface area contributed by atoms with Gasteiger partial charge in [-0.3, -0.25) is 4.79 Å². The van der Waals surface area contributed by atoms with E-state index in [-0.39, 0.29) is 5.91 Å². The van der Waals surface area contributed by atoms with E-state index in [1.165, 1.54) is 11.1 Å². The molecule has 1 aliphatic heterocycles.